The molecular formula is C14H29IN4. The number of hydrogen-bond donors (Lipinski definition) is 2. The maximum atomic E-state index is 5.82. The second kappa shape index (κ2) is 9.58. The van der Waals surface area contributed by atoms with Crippen molar-refractivity contribution in [1.82, 2.24) is 10.2 Å². The molecule has 0 aliphatic carbocycles. The van der Waals surface area contributed by atoms with Crippen LogP contribution in [0.2, 0.25) is 0 Å². The van der Waals surface area contributed by atoms with Gasteiger partial charge in [-0.2, -0.15) is 0 Å². The zero-order valence-corrected chi connectivity index (χ0v) is 14.8. The predicted molar refractivity (Wildman–Crippen MR) is 94.2 cm³/mol. The van der Waals surface area contributed by atoms with Crippen LogP contribution in [0.3, 0.4) is 0 Å². The van der Waals surface area contributed by atoms with Crippen LogP contribution >= 0.6 is 24.0 Å². The van der Waals surface area contributed by atoms with Crippen LogP contribution in [0.5, 0.6) is 0 Å². The smallest absolute Gasteiger partial charge is 0.188 e. The molecule has 1 fully saturated rings. The normalized spacial score (nSPS) is 21.1. The summed E-state index contributed by atoms with van der Waals surface area (Å²) in [5.74, 6) is 1.22. The molecule has 1 aliphatic heterocycles. The van der Waals surface area contributed by atoms with Crippen molar-refractivity contribution >= 4 is 29.9 Å². The van der Waals surface area contributed by atoms with Gasteiger partial charge >= 0.3 is 0 Å². The highest BCUT2D eigenvalue weighted by molar-refractivity contribution is 14.0. The first kappa shape index (κ1) is 18.7. The molecular weight excluding hydrogens is 351 g/mol. The molecule has 0 radical (unpaired) electrons. The van der Waals surface area contributed by atoms with E-state index in [0.29, 0.717) is 24.5 Å². The second-order valence-electron chi connectivity index (χ2n) is 5.64. The van der Waals surface area contributed by atoms with Gasteiger partial charge in [0.05, 0.1) is 6.54 Å². The summed E-state index contributed by atoms with van der Waals surface area (Å²) in [4.78, 5) is 6.77. The van der Waals surface area contributed by atoms with Gasteiger partial charge in [0.1, 0.15) is 0 Å². The zero-order chi connectivity index (χ0) is 13.5. The molecule has 1 saturated heterocycles. The lowest BCUT2D eigenvalue weighted by Gasteiger charge is -2.35. The Morgan fingerprint density at radius 2 is 2.21 bits per heavy atom. The lowest BCUT2D eigenvalue weighted by atomic mass is 9.97. The maximum Gasteiger partial charge on any atom is 0.188 e. The first-order valence-electron chi connectivity index (χ1n) is 6.91. The topological polar surface area (TPSA) is 53.6 Å². The van der Waals surface area contributed by atoms with Crippen molar-refractivity contribution in [3.63, 3.8) is 0 Å². The van der Waals surface area contributed by atoms with Gasteiger partial charge in [0.25, 0.3) is 0 Å². The van der Waals surface area contributed by atoms with Gasteiger partial charge in [-0.25, -0.2) is 4.99 Å². The Morgan fingerprint density at radius 3 is 2.79 bits per heavy atom. The molecule has 0 aromatic carbocycles. The summed E-state index contributed by atoms with van der Waals surface area (Å²) in [7, 11) is 0. The number of hydrogen-bond acceptors (Lipinski definition) is 2. The minimum Gasteiger partial charge on any atom is -0.370 e. The molecule has 0 bridgehead atoms. The van der Waals surface area contributed by atoms with Crippen LogP contribution in [0.25, 0.3) is 0 Å². The van der Waals surface area contributed by atoms with E-state index in [1.807, 2.05) is 6.92 Å². The highest BCUT2D eigenvalue weighted by Gasteiger charge is 2.21. The third-order valence-corrected chi connectivity index (χ3v) is 3.37. The van der Waals surface area contributed by atoms with E-state index < -0.39 is 0 Å². The molecule has 1 rings (SSSR count). The quantitative estimate of drug-likeness (QED) is 0.333. The molecule has 3 N–H and O–H groups in total. The third-order valence-electron chi connectivity index (χ3n) is 3.37. The molecule has 0 saturated carbocycles. The highest BCUT2D eigenvalue weighted by Crippen LogP contribution is 2.17. The summed E-state index contributed by atoms with van der Waals surface area (Å²) < 4.78 is 0. The fourth-order valence-electron chi connectivity index (χ4n) is 2.26. The van der Waals surface area contributed by atoms with Crippen molar-refractivity contribution < 1.29 is 0 Å². The van der Waals surface area contributed by atoms with Gasteiger partial charge in [-0.1, -0.05) is 12.2 Å². The molecule has 1 atom stereocenters. The maximum absolute atomic E-state index is 5.82. The Morgan fingerprint density at radius 1 is 1.53 bits per heavy atom. The Bertz CT molecular complexity index is 302. The third kappa shape index (κ3) is 7.77. The number of guanidine groups is 1. The van der Waals surface area contributed by atoms with Crippen molar-refractivity contribution in [2.75, 3.05) is 26.2 Å². The van der Waals surface area contributed by atoms with E-state index in [1.54, 1.807) is 0 Å². The Kier molecular flexibility index (Phi) is 9.43. The molecule has 0 aromatic rings. The Hall–Kier alpha value is -0.300. The minimum atomic E-state index is 0. The summed E-state index contributed by atoms with van der Waals surface area (Å²) >= 11 is 0. The average molecular weight is 380 g/mol. The van der Waals surface area contributed by atoms with Crippen molar-refractivity contribution in [2.24, 2.45) is 16.6 Å². The zero-order valence-electron chi connectivity index (χ0n) is 12.5. The number of aliphatic imine (C=N–C) groups is 1. The van der Waals surface area contributed by atoms with E-state index in [1.165, 1.54) is 25.9 Å². The van der Waals surface area contributed by atoms with Crippen molar-refractivity contribution in [1.29, 1.82) is 0 Å². The fraction of sp³-hybridized carbons (Fsp3) is 0.786. The van der Waals surface area contributed by atoms with E-state index in [0.717, 1.165) is 12.1 Å². The van der Waals surface area contributed by atoms with Gasteiger partial charge in [0.15, 0.2) is 5.96 Å². The van der Waals surface area contributed by atoms with Crippen molar-refractivity contribution in [3.05, 3.63) is 12.2 Å². The van der Waals surface area contributed by atoms with Crippen LogP contribution in [-0.2, 0) is 0 Å². The van der Waals surface area contributed by atoms with Crippen LogP contribution in [0.1, 0.15) is 33.6 Å². The highest BCUT2D eigenvalue weighted by atomic mass is 127. The van der Waals surface area contributed by atoms with Gasteiger partial charge in [0, 0.05) is 19.1 Å². The van der Waals surface area contributed by atoms with Crippen molar-refractivity contribution in [2.45, 2.75) is 39.7 Å². The van der Waals surface area contributed by atoms with Crippen LogP contribution < -0.4 is 11.1 Å². The number of nitrogens with one attached hydrogen (secondary N) is 1. The SMILES string of the molecule is C=C(C)CN=C(N)NCC1CCCN(C(C)C)C1.I. The number of nitrogens with two attached hydrogens (primary N) is 1. The van der Waals surface area contributed by atoms with Gasteiger partial charge in [-0.05, 0) is 46.1 Å². The molecule has 0 aromatic heterocycles. The van der Waals surface area contributed by atoms with E-state index in [-0.39, 0.29) is 24.0 Å². The summed E-state index contributed by atoms with van der Waals surface area (Å²) in [6.45, 7) is 14.2. The standard InChI is InChI=1S/C14H28N4.HI/c1-11(2)8-16-14(15)17-9-13-6-5-7-18(10-13)12(3)4;/h12-13H,1,5-10H2,2-4H3,(H3,15,16,17);1H. The van der Waals surface area contributed by atoms with Crippen LogP contribution in [0, 0.1) is 5.92 Å². The fourth-order valence-corrected chi connectivity index (χ4v) is 2.26. The average Bonchev–Trinajstić information content (AvgIpc) is 2.34. The van der Waals surface area contributed by atoms with Crippen LogP contribution in [-0.4, -0.2) is 43.1 Å². The first-order valence-corrected chi connectivity index (χ1v) is 6.91. The minimum absolute atomic E-state index is 0. The largest absolute Gasteiger partial charge is 0.370 e. The molecule has 1 aliphatic rings. The molecule has 1 unspecified atom stereocenters. The summed E-state index contributed by atoms with van der Waals surface area (Å²) in [6, 6.07) is 0.641. The summed E-state index contributed by atoms with van der Waals surface area (Å²) in [5, 5.41) is 3.23. The number of piperidine rings is 1. The summed E-state index contributed by atoms with van der Waals surface area (Å²) in [5.41, 5.74) is 6.85. The number of halogens is 1. The van der Waals surface area contributed by atoms with Gasteiger partial charge in [-0.3, -0.25) is 0 Å². The van der Waals surface area contributed by atoms with Gasteiger partial charge in [0.2, 0.25) is 0 Å². The van der Waals surface area contributed by atoms with Crippen molar-refractivity contribution in [3.8, 4) is 0 Å². The second-order valence-corrected chi connectivity index (χ2v) is 5.64. The first-order chi connectivity index (χ1) is 8.49. The predicted octanol–water partition coefficient (Wildman–Crippen LogP) is 2.21. The van der Waals surface area contributed by atoms with E-state index in [2.05, 4.69) is 35.6 Å². The number of likely N-dealkylation sites (tertiary alicyclic amines) is 1. The van der Waals surface area contributed by atoms with E-state index in [4.69, 9.17) is 5.73 Å². The molecule has 0 spiro atoms. The molecule has 0 amide bonds. The Labute approximate surface area is 134 Å². The molecule has 19 heavy (non-hydrogen) atoms. The number of rotatable bonds is 5. The lowest BCUT2D eigenvalue weighted by Crippen LogP contribution is -2.45. The Balaban J connectivity index is 0.00000324. The van der Waals surface area contributed by atoms with Crippen LogP contribution in [0.4, 0.5) is 0 Å². The molecule has 1 heterocycles. The van der Waals surface area contributed by atoms with Crippen LogP contribution in [0.15, 0.2) is 17.1 Å². The molecule has 112 valence electrons. The van der Waals surface area contributed by atoms with Gasteiger partial charge < -0.3 is 16.0 Å². The lowest BCUT2D eigenvalue weighted by molar-refractivity contribution is 0.141. The van der Waals surface area contributed by atoms with Gasteiger partial charge in [-0.15, -0.1) is 24.0 Å². The summed E-state index contributed by atoms with van der Waals surface area (Å²) in [6.07, 6.45) is 2.57. The monoisotopic (exact) mass is 380 g/mol. The molecule has 5 heteroatoms. The van der Waals surface area contributed by atoms with E-state index >= 15 is 0 Å². The van der Waals surface area contributed by atoms with E-state index in [9.17, 15) is 0 Å². The molecule has 4 nitrogen and oxygen atoms in total. The number of nitrogens with zero attached hydrogens (tertiary/aromatic N) is 2.